The lowest BCUT2D eigenvalue weighted by Crippen LogP contribution is -2.37. The van der Waals surface area contributed by atoms with Crippen LogP contribution in [0.25, 0.3) is 11.0 Å². The lowest BCUT2D eigenvalue weighted by molar-refractivity contribution is 0.349. The summed E-state index contributed by atoms with van der Waals surface area (Å²) >= 11 is 1.75. The predicted octanol–water partition coefficient (Wildman–Crippen LogP) is 2.78. The summed E-state index contributed by atoms with van der Waals surface area (Å²) in [6.07, 6.45) is 7.89. The summed E-state index contributed by atoms with van der Waals surface area (Å²) in [5.41, 5.74) is 0.573. The van der Waals surface area contributed by atoms with Crippen molar-refractivity contribution in [2.75, 3.05) is 32.5 Å². The Bertz CT molecular complexity index is 969. The highest BCUT2D eigenvalue weighted by molar-refractivity contribution is 7.94. The molecule has 29 heavy (non-hydrogen) atoms. The lowest BCUT2D eigenvalue weighted by Gasteiger charge is -2.32. The lowest BCUT2D eigenvalue weighted by atomic mass is 10.1. The number of anilines is 1. The van der Waals surface area contributed by atoms with Crippen LogP contribution in [0.3, 0.4) is 0 Å². The fourth-order valence-corrected chi connectivity index (χ4v) is 5.10. The van der Waals surface area contributed by atoms with E-state index in [1.165, 1.54) is 0 Å². The standard InChI is InChI=1S/C20H27N7OS/c1-25(2)29-26-9-7-16(8-10-26)23-20-22-13-15-11-14(12-21)19(28)27(18(15)24-20)17-5-3-4-6-17/h11,13,16-17H,3-10H2,1-2H3,(H,22,23,24). The SMILES string of the molecule is CN(C)SN1CCC(Nc2ncc3cc(C#N)c(=O)n(C4CCCC4)c3n2)CC1. The van der Waals surface area contributed by atoms with Gasteiger partial charge in [-0.2, -0.15) is 10.2 Å². The Morgan fingerprint density at radius 3 is 2.62 bits per heavy atom. The van der Waals surface area contributed by atoms with E-state index >= 15 is 0 Å². The summed E-state index contributed by atoms with van der Waals surface area (Å²) < 4.78 is 6.21. The first-order valence-electron chi connectivity index (χ1n) is 10.2. The molecular formula is C20H27N7OS. The number of hydrogen-bond donors (Lipinski definition) is 1. The highest BCUT2D eigenvalue weighted by Gasteiger charge is 2.24. The second-order valence-corrected chi connectivity index (χ2v) is 9.41. The second-order valence-electron chi connectivity index (χ2n) is 8.00. The largest absolute Gasteiger partial charge is 0.351 e. The van der Waals surface area contributed by atoms with Crippen molar-refractivity contribution in [3.63, 3.8) is 0 Å². The van der Waals surface area contributed by atoms with Crippen molar-refractivity contribution in [1.82, 2.24) is 23.1 Å². The molecule has 0 aromatic carbocycles. The number of nitriles is 1. The molecule has 1 saturated heterocycles. The van der Waals surface area contributed by atoms with Crippen molar-refractivity contribution in [3.8, 4) is 6.07 Å². The van der Waals surface area contributed by atoms with E-state index in [2.05, 4.69) is 33.0 Å². The minimum absolute atomic E-state index is 0.118. The molecule has 0 bridgehead atoms. The Kier molecular flexibility index (Phi) is 6.04. The molecule has 1 saturated carbocycles. The average Bonchev–Trinajstić information content (AvgIpc) is 3.23. The fraction of sp³-hybridized carbons (Fsp3) is 0.600. The Morgan fingerprint density at radius 1 is 1.24 bits per heavy atom. The van der Waals surface area contributed by atoms with Crippen molar-refractivity contribution in [1.29, 1.82) is 5.26 Å². The van der Waals surface area contributed by atoms with Crippen LogP contribution in [0.4, 0.5) is 5.95 Å². The molecule has 0 unspecified atom stereocenters. The molecule has 9 heteroatoms. The molecule has 2 aromatic rings. The van der Waals surface area contributed by atoms with Crippen LogP contribution in [0.1, 0.15) is 50.1 Å². The Balaban J connectivity index is 1.58. The van der Waals surface area contributed by atoms with E-state index in [-0.39, 0.29) is 17.2 Å². The normalized spacial score (nSPS) is 19.1. The Hall–Kier alpha value is -2.15. The van der Waals surface area contributed by atoms with E-state index < -0.39 is 0 Å². The maximum absolute atomic E-state index is 12.9. The number of rotatable bonds is 5. The molecule has 4 rings (SSSR count). The summed E-state index contributed by atoms with van der Waals surface area (Å²) in [6.45, 7) is 2.01. The molecule has 3 heterocycles. The van der Waals surface area contributed by atoms with Crippen LogP contribution in [0.15, 0.2) is 17.1 Å². The van der Waals surface area contributed by atoms with Crippen LogP contribution >= 0.6 is 12.1 Å². The summed E-state index contributed by atoms with van der Waals surface area (Å²) in [5, 5.41) is 13.6. The number of nitrogens with zero attached hydrogens (tertiary/aromatic N) is 6. The zero-order valence-corrected chi connectivity index (χ0v) is 17.8. The van der Waals surface area contributed by atoms with Gasteiger partial charge in [0, 0.05) is 48.9 Å². The molecule has 1 N–H and O–H groups in total. The molecule has 8 nitrogen and oxygen atoms in total. The molecule has 154 valence electrons. The minimum atomic E-state index is -0.231. The monoisotopic (exact) mass is 413 g/mol. The van der Waals surface area contributed by atoms with Crippen LogP contribution < -0.4 is 10.9 Å². The van der Waals surface area contributed by atoms with Gasteiger partial charge in [-0.25, -0.2) is 13.6 Å². The molecule has 2 aliphatic rings. The topological polar surface area (TPSA) is 90.1 Å². The summed E-state index contributed by atoms with van der Waals surface area (Å²) in [7, 11) is 4.11. The van der Waals surface area contributed by atoms with Crippen molar-refractivity contribution < 1.29 is 0 Å². The van der Waals surface area contributed by atoms with Gasteiger partial charge in [-0.3, -0.25) is 9.36 Å². The first-order valence-corrected chi connectivity index (χ1v) is 11.0. The van der Waals surface area contributed by atoms with Gasteiger partial charge in [-0.05, 0) is 45.8 Å². The minimum Gasteiger partial charge on any atom is -0.351 e. The van der Waals surface area contributed by atoms with E-state index in [9.17, 15) is 10.1 Å². The number of hydrogen-bond acceptors (Lipinski definition) is 8. The highest BCUT2D eigenvalue weighted by Crippen LogP contribution is 2.31. The van der Waals surface area contributed by atoms with Crippen LogP contribution in [0, 0.1) is 11.3 Å². The van der Waals surface area contributed by atoms with Gasteiger partial charge in [0.2, 0.25) is 5.95 Å². The number of aromatic nitrogens is 3. The van der Waals surface area contributed by atoms with Crippen LogP contribution in [0.5, 0.6) is 0 Å². The molecule has 0 amide bonds. The Labute approximate surface area is 175 Å². The molecule has 0 atom stereocenters. The van der Waals surface area contributed by atoms with Gasteiger partial charge in [-0.15, -0.1) is 0 Å². The van der Waals surface area contributed by atoms with Crippen molar-refractivity contribution >= 4 is 29.1 Å². The Morgan fingerprint density at radius 2 is 1.97 bits per heavy atom. The van der Waals surface area contributed by atoms with Gasteiger partial charge in [0.1, 0.15) is 17.3 Å². The van der Waals surface area contributed by atoms with Crippen LogP contribution in [-0.4, -0.2) is 56.4 Å². The fourth-order valence-electron chi connectivity index (χ4n) is 4.27. The van der Waals surface area contributed by atoms with E-state index in [1.807, 2.05) is 6.07 Å². The molecule has 2 fully saturated rings. The predicted molar refractivity (Wildman–Crippen MR) is 116 cm³/mol. The molecule has 1 aliphatic heterocycles. The van der Waals surface area contributed by atoms with Gasteiger partial charge in [0.15, 0.2) is 0 Å². The summed E-state index contributed by atoms with van der Waals surface area (Å²) in [5.74, 6) is 0.562. The number of nitrogens with one attached hydrogen (secondary N) is 1. The van der Waals surface area contributed by atoms with E-state index in [0.29, 0.717) is 17.6 Å². The highest BCUT2D eigenvalue weighted by atomic mass is 32.2. The van der Waals surface area contributed by atoms with Crippen molar-refractivity contribution in [2.24, 2.45) is 0 Å². The first kappa shape index (κ1) is 20.1. The summed E-state index contributed by atoms with van der Waals surface area (Å²) in [6, 6.07) is 4.08. The maximum atomic E-state index is 12.9. The van der Waals surface area contributed by atoms with Gasteiger partial charge in [-0.1, -0.05) is 12.8 Å². The third-order valence-corrected chi connectivity index (χ3v) is 6.57. The molecule has 2 aromatic heterocycles. The second kappa shape index (κ2) is 8.69. The molecule has 1 aliphatic carbocycles. The zero-order chi connectivity index (χ0) is 20.4. The van der Waals surface area contributed by atoms with Gasteiger partial charge in [0.25, 0.3) is 5.56 Å². The number of piperidine rings is 1. The molecular weight excluding hydrogens is 386 g/mol. The van der Waals surface area contributed by atoms with E-state index in [0.717, 1.165) is 57.0 Å². The van der Waals surface area contributed by atoms with Crippen molar-refractivity contribution in [2.45, 2.75) is 50.6 Å². The van der Waals surface area contributed by atoms with Gasteiger partial charge < -0.3 is 5.32 Å². The van der Waals surface area contributed by atoms with Gasteiger partial charge in [0.05, 0.1) is 0 Å². The average molecular weight is 414 g/mol. The maximum Gasteiger partial charge on any atom is 0.270 e. The van der Waals surface area contributed by atoms with E-state index in [4.69, 9.17) is 4.98 Å². The number of pyridine rings is 1. The van der Waals surface area contributed by atoms with E-state index in [1.54, 1.807) is 29.0 Å². The van der Waals surface area contributed by atoms with Gasteiger partial charge >= 0.3 is 0 Å². The van der Waals surface area contributed by atoms with Crippen LogP contribution in [0.2, 0.25) is 0 Å². The quantitative estimate of drug-likeness (QED) is 0.749. The smallest absolute Gasteiger partial charge is 0.270 e. The third-order valence-electron chi connectivity index (χ3n) is 5.65. The van der Waals surface area contributed by atoms with Crippen LogP contribution in [-0.2, 0) is 0 Å². The number of fused-ring (bicyclic) bond motifs is 1. The first-order chi connectivity index (χ1) is 14.0. The van der Waals surface area contributed by atoms with Crippen molar-refractivity contribution in [3.05, 3.63) is 28.2 Å². The molecule has 0 radical (unpaired) electrons. The zero-order valence-electron chi connectivity index (χ0n) is 17.0. The summed E-state index contributed by atoms with van der Waals surface area (Å²) in [4.78, 5) is 22.1. The third kappa shape index (κ3) is 4.39. The molecule has 0 spiro atoms.